The Hall–Kier alpha value is -1.49. The van der Waals surface area contributed by atoms with Crippen molar-refractivity contribution in [2.75, 3.05) is 11.1 Å². The number of hydrogen-bond acceptors (Lipinski definition) is 3. The molecule has 1 heterocycles. The molecule has 1 aromatic carbocycles. The van der Waals surface area contributed by atoms with E-state index in [0.29, 0.717) is 6.42 Å². The number of carboxylic acid groups (broad SMARTS) is 1. The van der Waals surface area contributed by atoms with Crippen LogP contribution in [0.2, 0.25) is 0 Å². The molecule has 1 saturated heterocycles. The Labute approximate surface area is 123 Å². The maximum Gasteiger partial charge on any atom is 0.303 e. The minimum atomic E-state index is -0.807. The zero-order valence-corrected chi connectivity index (χ0v) is 12.1. The lowest BCUT2D eigenvalue weighted by Crippen LogP contribution is -2.27. The lowest BCUT2D eigenvalue weighted by Gasteiger charge is -2.20. The summed E-state index contributed by atoms with van der Waals surface area (Å²) in [4.78, 5) is 22.7. The fraction of sp³-hybridized carbons (Fsp3) is 0.467. The van der Waals surface area contributed by atoms with Crippen LogP contribution in [0.1, 0.15) is 31.2 Å². The molecule has 20 heavy (non-hydrogen) atoms. The third-order valence-corrected chi connectivity index (χ3v) is 4.67. The fourth-order valence-corrected chi connectivity index (χ4v) is 3.43. The zero-order valence-electron chi connectivity index (χ0n) is 11.3. The molecule has 1 aliphatic heterocycles. The number of anilines is 1. The van der Waals surface area contributed by atoms with Gasteiger partial charge in [0.05, 0.1) is 5.25 Å². The molecule has 0 aliphatic carbocycles. The van der Waals surface area contributed by atoms with Gasteiger partial charge in [-0.25, -0.2) is 0 Å². The second-order valence-corrected chi connectivity index (χ2v) is 6.25. The van der Waals surface area contributed by atoms with Crippen molar-refractivity contribution in [3.8, 4) is 0 Å². The molecule has 1 amide bonds. The molecule has 2 rings (SSSR count). The molecule has 0 saturated carbocycles. The summed E-state index contributed by atoms with van der Waals surface area (Å²) in [6.07, 6.45) is 3.84. The minimum Gasteiger partial charge on any atom is -0.481 e. The van der Waals surface area contributed by atoms with Gasteiger partial charge < -0.3 is 10.4 Å². The van der Waals surface area contributed by atoms with E-state index >= 15 is 0 Å². The van der Waals surface area contributed by atoms with Gasteiger partial charge in [-0.15, -0.1) is 11.8 Å². The van der Waals surface area contributed by atoms with E-state index < -0.39 is 5.97 Å². The van der Waals surface area contributed by atoms with Crippen LogP contribution in [0.5, 0.6) is 0 Å². The summed E-state index contributed by atoms with van der Waals surface area (Å²) in [6, 6.07) is 7.43. The Morgan fingerprint density at radius 3 is 2.90 bits per heavy atom. The van der Waals surface area contributed by atoms with Gasteiger partial charge in [-0.3, -0.25) is 9.59 Å². The van der Waals surface area contributed by atoms with Gasteiger partial charge in [0.15, 0.2) is 0 Å². The van der Waals surface area contributed by atoms with Crippen molar-refractivity contribution in [1.29, 1.82) is 0 Å². The maximum atomic E-state index is 12.1. The van der Waals surface area contributed by atoms with Crippen molar-refractivity contribution < 1.29 is 14.7 Å². The van der Waals surface area contributed by atoms with Crippen molar-refractivity contribution >= 4 is 29.3 Å². The second kappa shape index (κ2) is 7.33. The lowest BCUT2D eigenvalue weighted by atomic mass is 10.1. The lowest BCUT2D eigenvalue weighted by molar-refractivity contribution is -0.137. The van der Waals surface area contributed by atoms with Crippen LogP contribution in [0.3, 0.4) is 0 Å². The van der Waals surface area contributed by atoms with Gasteiger partial charge in [0, 0.05) is 12.1 Å². The van der Waals surface area contributed by atoms with E-state index in [-0.39, 0.29) is 17.6 Å². The molecule has 1 unspecified atom stereocenters. The van der Waals surface area contributed by atoms with Gasteiger partial charge in [0.2, 0.25) is 5.91 Å². The van der Waals surface area contributed by atoms with Gasteiger partial charge in [0.25, 0.3) is 0 Å². The highest BCUT2D eigenvalue weighted by Crippen LogP contribution is 2.26. The summed E-state index contributed by atoms with van der Waals surface area (Å²) in [5.74, 6) is 0.305. The molecule has 1 aromatic rings. The van der Waals surface area contributed by atoms with Crippen molar-refractivity contribution in [2.24, 2.45) is 0 Å². The summed E-state index contributed by atoms with van der Waals surface area (Å²) >= 11 is 1.72. The summed E-state index contributed by atoms with van der Waals surface area (Å²) < 4.78 is 0. The molecular weight excluding hydrogens is 274 g/mol. The molecule has 0 aromatic heterocycles. The number of aryl methyl sites for hydroxylation is 1. The average Bonchev–Trinajstić information content (AvgIpc) is 2.46. The molecule has 1 atom stereocenters. The number of thioether (sulfide) groups is 1. The minimum absolute atomic E-state index is 0.0476. The van der Waals surface area contributed by atoms with E-state index in [2.05, 4.69) is 5.32 Å². The van der Waals surface area contributed by atoms with E-state index in [4.69, 9.17) is 5.11 Å². The van der Waals surface area contributed by atoms with Crippen LogP contribution in [0.4, 0.5) is 5.69 Å². The largest absolute Gasteiger partial charge is 0.481 e. The van der Waals surface area contributed by atoms with Crippen LogP contribution < -0.4 is 5.32 Å². The van der Waals surface area contributed by atoms with Crippen molar-refractivity contribution in [1.82, 2.24) is 0 Å². The normalized spacial score (nSPS) is 18.5. The first kappa shape index (κ1) is 14.9. The van der Waals surface area contributed by atoms with Gasteiger partial charge in [-0.1, -0.05) is 18.6 Å². The van der Waals surface area contributed by atoms with Gasteiger partial charge >= 0.3 is 5.97 Å². The Morgan fingerprint density at radius 1 is 1.35 bits per heavy atom. The Balaban J connectivity index is 1.93. The zero-order chi connectivity index (χ0) is 14.4. The predicted octanol–water partition coefficient (Wildman–Crippen LogP) is 2.93. The quantitative estimate of drug-likeness (QED) is 0.876. The number of amides is 1. The van der Waals surface area contributed by atoms with E-state index in [1.807, 2.05) is 24.3 Å². The number of aliphatic carboxylic acids is 1. The average molecular weight is 293 g/mol. The highest BCUT2D eigenvalue weighted by molar-refractivity contribution is 8.00. The Bertz CT molecular complexity index is 484. The van der Waals surface area contributed by atoms with Crippen LogP contribution >= 0.6 is 11.8 Å². The van der Waals surface area contributed by atoms with Crippen LogP contribution in [-0.2, 0) is 16.0 Å². The smallest absolute Gasteiger partial charge is 0.303 e. The standard InChI is InChI=1S/C15H19NO3S/c17-14(18)8-7-11-4-3-5-12(10-11)16-15(19)13-6-1-2-9-20-13/h3-5,10,13H,1-2,6-9H2,(H,16,19)(H,17,18). The molecule has 108 valence electrons. The third-order valence-electron chi connectivity index (χ3n) is 3.29. The van der Waals surface area contributed by atoms with Gasteiger partial charge in [-0.2, -0.15) is 0 Å². The second-order valence-electron chi connectivity index (χ2n) is 4.94. The number of carbonyl (C=O) groups is 2. The van der Waals surface area contributed by atoms with E-state index in [9.17, 15) is 9.59 Å². The molecule has 2 N–H and O–H groups in total. The van der Waals surface area contributed by atoms with Gasteiger partial charge in [0.1, 0.15) is 0 Å². The SMILES string of the molecule is O=C(O)CCc1cccc(NC(=O)C2CCCCS2)c1. The molecule has 0 bridgehead atoms. The highest BCUT2D eigenvalue weighted by atomic mass is 32.2. The number of benzene rings is 1. The van der Waals surface area contributed by atoms with Crippen LogP contribution in [0.25, 0.3) is 0 Å². The summed E-state index contributed by atoms with van der Waals surface area (Å²) in [5, 5.41) is 11.7. The molecule has 0 spiro atoms. The predicted molar refractivity (Wildman–Crippen MR) is 81.1 cm³/mol. The van der Waals surface area contributed by atoms with E-state index in [1.54, 1.807) is 11.8 Å². The maximum absolute atomic E-state index is 12.1. The third kappa shape index (κ3) is 4.56. The molecule has 4 nitrogen and oxygen atoms in total. The summed E-state index contributed by atoms with van der Waals surface area (Å²) in [7, 11) is 0. The molecular formula is C15H19NO3S. The first-order valence-electron chi connectivity index (χ1n) is 6.88. The number of nitrogens with one attached hydrogen (secondary N) is 1. The number of carbonyl (C=O) groups excluding carboxylic acids is 1. The van der Waals surface area contributed by atoms with Crippen molar-refractivity contribution in [3.63, 3.8) is 0 Å². The molecule has 1 aliphatic rings. The number of hydrogen-bond donors (Lipinski definition) is 2. The fourth-order valence-electron chi connectivity index (χ4n) is 2.23. The monoisotopic (exact) mass is 293 g/mol. The van der Waals surface area contributed by atoms with Crippen molar-refractivity contribution in [3.05, 3.63) is 29.8 Å². The van der Waals surface area contributed by atoms with Crippen LogP contribution in [0.15, 0.2) is 24.3 Å². The number of carboxylic acids is 1. The molecule has 1 fully saturated rings. The Kier molecular flexibility index (Phi) is 5.47. The summed E-state index contributed by atoms with van der Waals surface area (Å²) in [5.41, 5.74) is 1.69. The molecule has 5 heteroatoms. The van der Waals surface area contributed by atoms with Crippen LogP contribution in [-0.4, -0.2) is 28.0 Å². The molecule has 0 radical (unpaired) electrons. The first-order chi connectivity index (χ1) is 9.65. The Morgan fingerprint density at radius 2 is 2.20 bits per heavy atom. The van der Waals surface area contributed by atoms with Gasteiger partial charge in [-0.05, 0) is 42.7 Å². The number of rotatable bonds is 5. The van der Waals surface area contributed by atoms with Crippen molar-refractivity contribution in [2.45, 2.75) is 37.4 Å². The van der Waals surface area contributed by atoms with E-state index in [0.717, 1.165) is 29.8 Å². The highest BCUT2D eigenvalue weighted by Gasteiger charge is 2.21. The van der Waals surface area contributed by atoms with Crippen LogP contribution in [0, 0.1) is 0 Å². The summed E-state index contributed by atoms with van der Waals surface area (Å²) in [6.45, 7) is 0. The first-order valence-corrected chi connectivity index (χ1v) is 7.93. The topological polar surface area (TPSA) is 66.4 Å². The van der Waals surface area contributed by atoms with E-state index in [1.165, 1.54) is 6.42 Å².